The van der Waals surface area contributed by atoms with Crippen molar-refractivity contribution in [1.82, 2.24) is 19.6 Å². The molecule has 6 heteroatoms. The number of fused-ring (bicyclic) bond motifs is 3. The van der Waals surface area contributed by atoms with E-state index < -0.39 is 0 Å². The molecular weight excluding hydrogens is 302 g/mol. The molecule has 1 aliphatic heterocycles. The highest BCUT2D eigenvalue weighted by molar-refractivity contribution is 5.91. The second-order valence-electron chi connectivity index (χ2n) is 6.77. The van der Waals surface area contributed by atoms with Crippen molar-refractivity contribution in [2.75, 3.05) is 13.1 Å². The number of rotatable bonds is 3. The Morgan fingerprint density at radius 3 is 2.62 bits per heavy atom. The van der Waals surface area contributed by atoms with E-state index in [-0.39, 0.29) is 12.2 Å². The lowest BCUT2D eigenvalue weighted by atomic mass is 10.2. The third-order valence-corrected chi connectivity index (χ3v) is 4.72. The van der Waals surface area contributed by atoms with Crippen LogP contribution in [0.5, 0.6) is 0 Å². The molecule has 0 radical (unpaired) electrons. The molecule has 1 aliphatic rings. The third kappa shape index (κ3) is 2.65. The number of nitrogens with one attached hydrogen (secondary N) is 1. The van der Waals surface area contributed by atoms with E-state index in [9.17, 15) is 0 Å². The number of aryl methyl sites for hydroxylation is 1. The predicted octanol–water partition coefficient (Wildman–Crippen LogP) is 1.03. The van der Waals surface area contributed by atoms with Gasteiger partial charge in [-0.1, -0.05) is 19.1 Å². The Bertz CT molecular complexity index is 864. The minimum Gasteiger partial charge on any atom is -0.364 e. The van der Waals surface area contributed by atoms with Gasteiger partial charge in [0.2, 0.25) is 0 Å². The van der Waals surface area contributed by atoms with Crippen LogP contribution in [-0.4, -0.2) is 44.9 Å². The molecule has 0 unspecified atom stereocenters. The molecule has 1 aromatic carbocycles. The Morgan fingerprint density at radius 2 is 1.88 bits per heavy atom. The van der Waals surface area contributed by atoms with E-state index in [0.29, 0.717) is 0 Å². The molecule has 2 atom stereocenters. The Hall–Kier alpha value is -2.05. The number of aromatic nitrogens is 4. The summed E-state index contributed by atoms with van der Waals surface area (Å²) in [5.41, 5.74) is 1.91. The van der Waals surface area contributed by atoms with Crippen molar-refractivity contribution in [3.63, 3.8) is 0 Å². The first kappa shape index (κ1) is 15.5. The topological polar surface area (TPSA) is 56.8 Å². The maximum absolute atomic E-state index is 5.85. The average Bonchev–Trinajstić information content (AvgIpc) is 2.97. The molecule has 3 heterocycles. The predicted molar refractivity (Wildman–Crippen MR) is 92.1 cm³/mol. The van der Waals surface area contributed by atoms with E-state index in [4.69, 9.17) is 9.72 Å². The number of hydrogen-bond donors (Lipinski definition) is 1. The highest BCUT2D eigenvalue weighted by Crippen LogP contribution is 2.19. The van der Waals surface area contributed by atoms with Gasteiger partial charge in [0.25, 0.3) is 0 Å². The summed E-state index contributed by atoms with van der Waals surface area (Å²) in [4.78, 5) is 6.32. The maximum Gasteiger partial charge on any atom is 0.194 e. The van der Waals surface area contributed by atoms with Gasteiger partial charge in [-0.15, -0.1) is 10.2 Å². The van der Waals surface area contributed by atoms with Crippen LogP contribution in [0.25, 0.3) is 16.6 Å². The van der Waals surface area contributed by atoms with Crippen molar-refractivity contribution in [2.24, 2.45) is 0 Å². The largest absolute Gasteiger partial charge is 0.364 e. The van der Waals surface area contributed by atoms with Gasteiger partial charge in [-0.2, -0.15) is 0 Å². The fourth-order valence-corrected chi connectivity index (χ4v) is 3.82. The monoisotopic (exact) mass is 326 g/mol. The van der Waals surface area contributed by atoms with Crippen LogP contribution in [0, 0.1) is 0 Å². The normalized spacial score (nSPS) is 24.7. The zero-order valence-corrected chi connectivity index (χ0v) is 14.5. The van der Waals surface area contributed by atoms with Crippen LogP contribution in [0.4, 0.5) is 0 Å². The highest BCUT2D eigenvalue weighted by atomic mass is 16.5. The molecule has 24 heavy (non-hydrogen) atoms. The number of para-hydroxylation sites is 1. The summed E-state index contributed by atoms with van der Waals surface area (Å²) in [5, 5.41) is 10.1. The summed E-state index contributed by atoms with van der Waals surface area (Å²) in [6.45, 7) is 9.27. The second-order valence-corrected chi connectivity index (χ2v) is 6.77. The van der Waals surface area contributed by atoms with E-state index in [1.165, 1.54) is 4.90 Å². The molecule has 0 spiro atoms. The number of benzene rings is 1. The summed E-state index contributed by atoms with van der Waals surface area (Å²) in [6.07, 6.45) is 1.43. The fourth-order valence-electron chi connectivity index (χ4n) is 3.82. The van der Waals surface area contributed by atoms with Crippen LogP contribution in [0.1, 0.15) is 32.4 Å². The van der Waals surface area contributed by atoms with Crippen molar-refractivity contribution >= 4 is 16.6 Å². The van der Waals surface area contributed by atoms with Gasteiger partial charge in [0, 0.05) is 11.8 Å². The van der Waals surface area contributed by atoms with E-state index in [0.717, 1.165) is 54.3 Å². The van der Waals surface area contributed by atoms with Gasteiger partial charge in [0.15, 0.2) is 11.5 Å². The first-order chi connectivity index (χ1) is 11.7. The zero-order valence-electron chi connectivity index (χ0n) is 14.5. The summed E-state index contributed by atoms with van der Waals surface area (Å²) >= 11 is 0. The molecule has 0 saturated carbocycles. The number of quaternary nitrogens is 1. The van der Waals surface area contributed by atoms with Gasteiger partial charge >= 0.3 is 0 Å². The molecule has 1 N–H and O–H groups in total. The summed E-state index contributed by atoms with van der Waals surface area (Å²) < 4.78 is 8.00. The van der Waals surface area contributed by atoms with Gasteiger partial charge in [0.1, 0.15) is 37.7 Å². The Labute approximate surface area is 141 Å². The maximum atomic E-state index is 5.85. The van der Waals surface area contributed by atoms with Crippen molar-refractivity contribution in [3.8, 4) is 0 Å². The van der Waals surface area contributed by atoms with Gasteiger partial charge in [0.05, 0.1) is 5.52 Å². The van der Waals surface area contributed by atoms with Gasteiger partial charge in [-0.05, 0) is 26.0 Å². The molecule has 2 aromatic heterocycles. The van der Waals surface area contributed by atoms with Crippen LogP contribution in [-0.2, 0) is 17.7 Å². The van der Waals surface area contributed by atoms with Gasteiger partial charge < -0.3 is 9.64 Å². The first-order valence-corrected chi connectivity index (χ1v) is 8.76. The van der Waals surface area contributed by atoms with Crippen LogP contribution < -0.4 is 4.90 Å². The molecule has 0 bridgehead atoms. The van der Waals surface area contributed by atoms with E-state index in [2.05, 4.69) is 41.4 Å². The molecular formula is C18H24N5O+. The SMILES string of the molecule is CCc1nc2ccccc2c2nnc(C[NH+]3C[C@H](C)O[C@@H](C)C3)n12. The smallest absolute Gasteiger partial charge is 0.194 e. The van der Waals surface area contributed by atoms with Crippen LogP contribution in [0.3, 0.4) is 0 Å². The molecule has 1 saturated heterocycles. The molecule has 4 rings (SSSR count). The number of ether oxygens (including phenoxy) is 1. The average molecular weight is 326 g/mol. The first-order valence-electron chi connectivity index (χ1n) is 8.76. The standard InChI is InChI=1S/C18H23N5O/c1-4-16-19-15-8-6-5-7-14(15)18-21-20-17(23(16)18)11-22-9-12(2)24-13(3)10-22/h5-8,12-13H,4,9-11H2,1-3H3/p+1/t12-,13-/m0/s1. The molecule has 0 amide bonds. The Morgan fingerprint density at radius 1 is 1.12 bits per heavy atom. The minimum absolute atomic E-state index is 0.285. The fraction of sp³-hybridized carbons (Fsp3) is 0.500. The molecule has 126 valence electrons. The molecule has 3 aromatic rings. The van der Waals surface area contributed by atoms with Crippen LogP contribution in [0.15, 0.2) is 24.3 Å². The van der Waals surface area contributed by atoms with Crippen molar-refractivity contribution in [1.29, 1.82) is 0 Å². The summed E-state index contributed by atoms with van der Waals surface area (Å²) in [7, 11) is 0. The summed E-state index contributed by atoms with van der Waals surface area (Å²) in [6, 6.07) is 8.16. The lowest BCUT2D eigenvalue weighted by Crippen LogP contribution is -3.14. The number of nitrogens with zero attached hydrogens (tertiary/aromatic N) is 4. The van der Waals surface area contributed by atoms with Crippen molar-refractivity contribution in [3.05, 3.63) is 35.9 Å². The Balaban J connectivity index is 1.77. The molecule has 0 aliphatic carbocycles. The lowest BCUT2D eigenvalue weighted by Gasteiger charge is -2.31. The van der Waals surface area contributed by atoms with Crippen LogP contribution in [0.2, 0.25) is 0 Å². The highest BCUT2D eigenvalue weighted by Gasteiger charge is 2.27. The quantitative estimate of drug-likeness (QED) is 0.781. The molecule has 6 nitrogen and oxygen atoms in total. The lowest BCUT2D eigenvalue weighted by molar-refractivity contribution is -0.929. The van der Waals surface area contributed by atoms with Crippen molar-refractivity contribution in [2.45, 2.75) is 45.9 Å². The number of hydrogen-bond acceptors (Lipinski definition) is 4. The third-order valence-electron chi connectivity index (χ3n) is 4.72. The van der Waals surface area contributed by atoms with Gasteiger partial charge in [-0.25, -0.2) is 4.98 Å². The van der Waals surface area contributed by atoms with E-state index in [1.54, 1.807) is 0 Å². The number of morpholine rings is 1. The van der Waals surface area contributed by atoms with Crippen LogP contribution >= 0.6 is 0 Å². The Kier molecular flexibility index (Phi) is 3.94. The van der Waals surface area contributed by atoms with E-state index >= 15 is 0 Å². The minimum atomic E-state index is 0.285. The van der Waals surface area contributed by atoms with E-state index in [1.807, 2.05) is 18.2 Å². The molecule has 1 fully saturated rings. The second kappa shape index (κ2) is 6.11. The van der Waals surface area contributed by atoms with Crippen molar-refractivity contribution < 1.29 is 9.64 Å². The zero-order chi connectivity index (χ0) is 16.7. The summed E-state index contributed by atoms with van der Waals surface area (Å²) in [5.74, 6) is 2.02. The van der Waals surface area contributed by atoms with Gasteiger partial charge in [-0.3, -0.25) is 4.40 Å².